The fourth-order valence-electron chi connectivity index (χ4n) is 2.31. The molecule has 2 rings (SSSR count). The molecule has 0 fully saturated rings. The number of rotatable bonds is 6. The third-order valence-electron chi connectivity index (χ3n) is 3.62. The van der Waals surface area contributed by atoms with E-state index in [0.29, 0.717) is 16.2 Å². The number of amides is 2. The summed E-state index contributed by atoms with van der Waals surface area (Å²) < 4.78 is 10.4. The van der Waals surface area contributed by atoms with Crippen molar-refractivity contribution < 1.29 is 23.5 Å². The standard InChI is InChI=1S/C19H22N2O5S/c1-6-25-19(24)15-12(3)16(18(23)21(4)5)27-17(15)20-14(22)10-9-13-8-7-11(2)26-13/h7-10H,6H2,1-5H3,(H,20,22)/b10-9+. The lowest BCUT2D eigenvalue weighted by Gasteiger charge is -2.09. The first kappa shape index (κ1) is 20.4. The molecule has 0 atom stereocenters. The molecular weight excluding hydrogens is 368 g/mol. The van der Waals surface area contributed by atoms with Gasteiger partial charge >= 0.3 is 5.97 Å². The number of esters is 1. The van der Waals surface area contributed by atoms with Crippen molar-refractivity contribution in [3.8, 4) is 0 Å². The molecule has 0 bridgehead atoms. The number of thiophene rings is 1. The summed E-state index contributed by atoms with van der Waals surface area (Å²) in [5.74, 6) is 0.00864. The van der Waals surface area contributed by atoms with Crippen molar-refractivity contribution in [1.29, 1.82) is 0 Å². The van der Waals surface area contributed by atoms with Crippen LogP contribution in [0.3, 0.4) is 0 Å². The van der Waals surface area contributed by atoms with Gasteiger partial charge < -0.3 is 19.4 Å². The zero-order chi connectivity index (χ0) is 20.1. The van der Waals surface area contributed by atoms with Crippen molar-refractivity contribution >= 4 is 40.2 Å². The molecule has 0 radical (unpaired) electrons. The Balaban J connectivity index is 2.31. The lowest BCUT2D eigenvalue weighted by atomic mass is 10.1. The molecule has 8 heteroatoms. The van der Waals surface area contributed by atoms with Crippen LogP contribution in [-0.4, -0.2) is 43.4 Å². The van der Waals surface area contributed by atoms with Gasteiger partial charge in [-0.15, -0.1) is 11.3 Å². The Hall–Kier alpha value is -2.87. The van der Waals surface area contributed by atoms with E-state index in [4.69, 9.17) is 9.15 Å². The van der Waals surface area contributed by atoms with E-state index in [1.165, 1.54) is 17.1 Å². The largest absolute Gasteiger partial charge is 0.462 e. The SMILES string of the molecule is CCOC(=O)c1c(NC(=O)/C=C/c2ccc(C)o2)sc(C(=O)N(C)C)c1C. The first-order valence-electron chi connectivity index (χ1n) is 8.32. The van der Waals surface area contributed by atoms with Crippen LogP contribution in [0.4, 0.5) is 5.00 Å². The van der Waals surface area contributed by atoms with Gasteiger partial charge in [-0.3, -0.25) is 9.59 Å². The number of anilines is 1. The number of furan rings is 1. The summed E-state index contributed by atoms with van der Waals surface area (Å²) >= 11 is 1.05. The number of hydrogen-bond donors (Lipinski definition) is 1. The monoisotopic (exact) mass is 390 g/mol. The van der Waals surface area contributed by atoms with Crippen molar-refractivity contribution in [3.05, 3.63) is 45.7 Å². The Morgan fingerprint density at radius 1 is 1.26 bits per heavy atom. The van der Waals surface area contributed by atoms with E-state index in [0.717, 1.165) is 17.1 Å². The van der Waals surface area contributed by atoms with Crippen molar-refractivity contribution in [2.45, 2.75) is 20.8 Å². The van der Waals surface area contributed by atoms with Crippen LogP contribution < -0.4 is 5.32 Å². The van der Waals surface area contributed by atoms with Gasteiger partial charge in [-0.2, -0.15) is 0 Å². The number of nitrogens with zero attached hydrogens (tertiary/aromatic N) is 1. The Morgan fingerprint density at radius 3 is 2.52 bits per heavy atom. The van der Waals surface area contributed by atoms with Crippen molar-refractivity contribution in [3.63, 3.8) is 0 Å². The van der Waals surface area contributed by atoms with Gasteiger partial charge in [-0.05, 0) is 44.5 Å². The highest BCUT2D eigenvalue weighted by molar-refractivity contribution is 7.18. The summed E-state index contributed by atoms with van der Waals surface area (Å²) in [6.07, 6.45) is 2.83. The van der Waals surface area contributed by atoms with E-state index < -0.39 is 11.9 Å². The number of carbonyl (C=O) groups is 3. The van der Waals surface area contributed by atoms with Gasteiger partial charge in [0.15, 0.2) is 0 Å². The van der Waals surface area contributed by atoms with Crippen LogP contribution in [0.2, 0.25) is 0 Å². The maximum atomic E-state index is 12.4. The molecule has 0 aliphatic heterocycles. The normalized spacial score (nSPS) is 10.9. The number of hydrogen-bond acceptors (Lipinski definition) is 6. The number of carbonyl (C=O) groups excluding carboxylic acids is 3. The Kier molecular flexibility index (Phi) is 6.57. The maximum Gasteiger partial charge on any atom is 0.341 e. The second-order valence-corrected chi connectivity index (χ2v) is 6.97. The second kappa shape index (κ2) is 8.68. The van der Waals surface area contributed by atoms with Gasteiger partial charge in [-0.25, -0.2) is 4.79 Å². The summed E-state index contributed by atoms with van der Waals surface area (Å²) in [5.41, 5.74) is 0.681. The lowest BCUT2D eigenvalue weighted by Crippen LogP contribution is -2.21. The number of aryl methyl sites for hydroxylation is 1. The molecule has 0 aliphatic carbocycles. The topological polar surface area (TPSA) is 88.8 Å². The minimum Gasteiger partial charge on any atom is -0.462 e. The molecule has 0 unspecified atom stereocenters. The van der Waals surface area contributed by atoms with Crippen molar-refractivity contribution in [2.75, 3.05) is 26.0 Å². The van der Waals surface area contributed by atoms with Crippen LogP contribution in [-0.2, 0) is 9.53 Å². The molecule has 0 saturated heterocycles. The van der Waals surface area contributed by atoms with Gasteiger partial charge in [-0.1, -0.05) is 0 Å². The third kappa shape index (κ3) is 4.85. The van der Waals surface area contributed by atoms with E-state index in [-0.39, 0.29) is 23.1 Å². The molecule has 2 amide bonds. The molecule has 144 valence electrons. The minimum absolute atomic E-state index is 0.191. The maximum absolute atomic E-state index is 12.4. The van der Waals surface area contributed by atoms with Gasteiger partial charge in [0.05, 0.1) is 17.0 Å². The van der Waals surface area contributed by atoms with Gasteiger partial charge in [0.25, 0.3) is 5.91 Å². The van der Waals surface area contributed by atoms with Crippen LogP contribution in [0.15, 0.2) is 22.6 Å². The summed E-state index contributed by atoms with van der Waals surface area (Å²) in [6, 6.07) is 3.53. The first-order chi connectivity index (χ1) is 12.7. The molecule has 7 nitrogen and oxygen atoms in total. The zero-order valence-corrected chi connectivity index (χ0v) is 16.7. The van der Waals surface area contributed by atoms with Crippen LogP contribution in [0.25, 0.3) is 6.08 Å². The summed E-state index contributed by atoms with van der Waals surface area (Å²) in [5, 5.41) is 2.94. The zero-order valence-electron chi connectivity index (χ0n) is 15.9. The van der Waals surface area contributed by atoms with Crippen molar-refractivity contribution in [2.24, 2.45) is 0 Å². The Bertz CT molecular complexity index is 892. The van der Waals surface area contributed by atoms with E-state index in [9.17, 15) is 14.4 Å². The van der Waals surface area contributed by atoms with Gasteiger partial charge in [0.2, 0.25) is 5.91 Å². The molecule has 0 aliphatic rings. The second-order valence-electron chi connectivity index (χ2n) is 5.95. The quantitative estimate of drug-likeness (QED) is 0.602. The van der Waals surface area contributed by atoms with E-state index >= 15 is 0 Å². The molecule has 2 aromatic rings. The highest BCUT2D eigenvalue weighted by atomic mass is 32.1. The lowest BCUT2D eigenvalue weighted by molar-refractivity contribution is -0.111. The molecule has 1 N–H and O–H groups in total. The fourth-order valence-corrected chi connectivity index (χ4v) is 3.53. The van der Waals surface area contributed by atoms with Crippen LogP contribution in [0.1, 0.15) is 44.0 Å². The molecule has 0 aromatic carbocycles. The summed E-state index contributed by atoms with van der Waals surface area (Å²) in [6.45, 7) is 5.35. The molecule has 0 spiro atoms. The molecule has 2 aromatic heterocycles. The van der Waals surface area contributed by atoms with Crippen molar-refractivity contribution in [1.82, 2.24) is 4.90 Å². The third-order valence-corrected chi connectivity index (χ3v) is 4.82. The first-order valence-corrected chi connectivity index (χ1v) is 9.13. The molecule has 2 heterocycles. The van der Waals surface area contributed by atoms with E-state index in [2.05, 4.69) is 5.32 Å². The molecular formula is C19H22N2O5S. The summed E-state index contributed by atoms with van der Waals surface area (Å²) in [7, 11) is 3.25. The minimum atomic E-state index is -0.579. The molecule has 0 saturated carbocycles. The summed E-state index contributed by atoms with van der Waals surface area (Å²) in [4.78, 5) is 38.7. The number of nitrogens with one attached hydrogen (secondary N) is 1. The molecule has 27 heavy (non-hydrogen) atoms. The van der Waals surface area contributed by atoms with Gasteiger partial charge in [0, 0.05) is 20.2 Å². The Morgan fingerprint density at radius 2 is 1.96 bits per heavy atom. The van der Waals surface area contributed by atoms with E-state index in [1.54, 1.807) is 47.0 Å². The Labute approximate surface area is 161 Å². The van der Waals surface area contributed by atoms with Crippen LogP contribution in [0.5, 0.6) is 0 Å². The predicted octanol–water partition coefficient (Wildman–Crippen LogP) is 3.49. The highest BCUT2D eigenvalue weighted by Crippen LogP contribution is 2.34. The average molecular weight is 390 g/mol. The highest BCUT2D eigenvalue weighted by Gasteiger charge is 2.27. The average Bonchev–Trinajstić information content (AvgIpc) is 3.15. The van der Waals surface area contributed by atoms with Crippen LogP contribution in [0, 0.1) is 13.8 Å². The number of ether oxygens (including phenoxy) is 1. The fraction of sp³-hybridized carbons (Fsp3) is 0.316. The van der Waals surface area contributed by atoms with Gasteiger partial charge in [0.1, 0.15) is 16.5 Å². The van der Waals surface area contributed by atoms with Crippen LogP contribution >= 0.6 is 11.3 Å². The predicted molar refractivity (Wildman–Crippen MR) is 104 cm³/mol. The smallest absolute Gasteiger partial charge is 0.341 e. The van der Waals surface area contributed by atoms with E-state index in [1.807, 2.05) is 0 Å².